The Kier molecular flexibility index (Phi) is 2.39. The Morgan fingerprint density at radius 3 is 2.36 bits per heavy atom. The van der Waals surface area contributed by atoms with Gasteiger partial charge in [-0.3, -0.25) is 0 Å². The highest BCUT2D eigenvalue weighted by molar-refractivity contribution is 5.22. The molecule has 11 heavy (non-hydrogen) atoms. The van der Waals surface area contributed by atoms with Crippen molar-refractivity contribution in [3.63, 3.8) is 0 Å². The van der Waals surface area contributed by atoms with Gasteiger partial charge >= 0.3 is 0 Å². The van der Waals surface area contributed by atoms with Crippen LogP contribution in [0.4, 0.5) is 4.39 Å². The molecule has 0 aliphatic carbocycles. The minimum Gasteiger partial charge on any atom is -0.321 e. The first kappa shape index (κ1) is 7.95. The number of rotatable bonds is 2. The second kappa shape index (κ2) is 3.30. The quantitative estimate of drug-likeness (QED) is 0.643. The Morgan fingerprint density at radius 1 is 1.36 bits per heavy atom. The Morgan fingerprint density at radius 2 is 1.91 bits per heavy atom. The van der Waals surface area contributed by atoms with Gasteiger partial charge < -0.3 is 5.73 Å². The second-order valence-electron chi connectivity index (χ2n) is 2.31. The monoisotopic (exact) mass is 151 g/mol. The van der Waals surface area contributed by atoms with E-state index in [1.807, 2.05) is 0 Å². The molecule has 1 aromatic rings. The van der Waals surface area contributed by atoms with Crippen LogP contribution in [0.15, 0.2) is 36.9 Å². The molecule has 0 saturated carbocycles. The molecule has 0 fully saturated rings. The molecule has 1 rings (SSSR count). The van der Waals surface area contributed by atoms with E-state index in [-0.39, 0.29) is 11.9 Å². The van der Waals surface area contributed by atoms with Gasteiger partial charge in [-0.2, -0.15) is 0 Å². The third-order valence-corrected chi connectivity index (χ3v) is 1.51. The minimum atomic E-state index is -0.245. The van der Waals surface area contributed by atoms with Crippen molar-refractivity contribution in [3.05, 3.63) is 48.3 Å². The van der Waals surface area contributed by atoms with E-state index in [1.165, 1.54) is 12.1 Å². The summed E-state index contributed by atoms with van der Waals surface area (Å²) >= 11 is 0. The van der Waals surface area contributed by atoms with Crippen LogP contribution in [0.1, 0.15) is 11.6 Å². The van der Waals surface area contributed by atoms with Gasteiger partial charge in [0, 0.05) is 6.04 Å². The van der Waals surface area contributed by atoms with E-state index in [1.54, 1.807) is 18.2 Å². The number of nitrogens with two attached hydrogens (primary N) is 1. The average molecular weight is 151 g/mol. The molecule has 0 radical (unpaired) electrons. The summed E-state index contributed by atoms with van der Waals surface area (Å²) in [5.41, 5.74) is 6.48. The zero-order valence-corrected chi connectivity index (χ0v) is 6.13. The predicted octanol–water partition coefficient (Wildman–Crippen LogP) is 2.01. The summed E-state index contributed by atoms with van der Waals surface area (Å²) in [4.78, 5) is 0. The van der Waals surface area contributed by atoms with Crippen LogP contribution < -0.4 is 5.73 Å². The highest BCUT2D eigenvalue weighted by Crippen LogP contribution is 2.10. The number of benzene rings is 1. The van der Waals surface area contributed by atoms with Crippen molar-refractivity contribution in [3.8, 4) is 0 Å². The topological polar surface area (TPSA) is 26.0 Å². The lowest BCUT2D eigenvalue weighted by atomic mass is 10.1. The lowest BCUT2D eigenvalue weighted by Gasteiger charge is -2.04. The Balaban J connectivity index is 2.89. The fraction of sp³-hybridized carbons (Fsp3) is 0.111. The third-order valence-electron chi connectivity index (χ3n) is 1.51. The Bertz CT molecular complexity index is 240. The maximum atomic E-state index is 12.4. The maximum Gasteiger partial charge on any atom is 0.123 e. The van der Waals surface area contributed by atoms with E-state index in [4.69, 9.17) is 5.73 Å². The van der Waals surface area contributed by atoms with Crippen molar-refractivity contribution in [1.82, 2.24) is 0 Å². The van der Waals surface area contributed by atoms with Gasteiger partial charge in [0.2, 0.25) is 0 Å². The van der Waals surface area contributed by atoms with E-state index in [0.29, 0.717) is 0 Å². The number of hydrogen-bond acceptors (Lipinski definition) is 1. The van der Waals surface area contributed by atoms with Gasteiger partial charge in [-0.1, -0.05) is 18.2 Å². The first-order valence-electron chi connectivity index (χ1n) is 3.37. The summed E-state index contributed by atoms with van der Waals surface area (Å²) < 4.78 is 12.4. The molecule has 0 spiro atoms. The number of halogens is 1. The summed E-state index contributed by atoms with van der Waals surface area (Å²) in [5.74, 6) is -0.245. The van der Waals surface area contributed by atoms with Crippen LogP contribution in [-0.4, -0.2) is 0 Å². The summed E-state index contributed by atoms with van der Waals surface area (Å²) in [6.07, 6.45) is 1.62. The summed E-state index contributed by atoms with van der Waals surface area (Å²) in [6.45, 7) is 3.54. The second-order valence-corrected chi connectivity index (χ2v) is 2.31. The van der Waals surface area contributed by atoms with Gasteiger partial charge in [0.25, 0.3) is 0 Å². The minimum absolute atomic E-state index is 0.199. The SMILES string of the molecule is C=C[C@H](N)c1ccc(F)cc1. The van der Waals surface area contributed by atoms with Crippen LogP contribution in [0.25, 0.3) is 0 Å². The zero-order chi connectivity index (χ0) is 8.27. The molecule has 0 aliphatic rings. The first-order chi connectivity index (χ1) is 5.24. The molecule has 2 heteroatoms. The molecular weight excluding hydrogens is 141 g/mol. The highest BCUT2D eigenvalue weighted by atomic mass is 19.1. The average Bonchev–Trinajstić information content (AvgIpc) is 2.05. The van der Waals surface area contributed by atoms with E-state index >= 15 is 0 Å². The normalized spacial score (nSPS) is 12.5. The van der Waals surface area contributed by atoms with Crippen molar-refractivity contribution in [2.45, 2.75) is 6.04 Å². The standard InChI is InChI=1S/C9H10FN/c1-2-9(11)7-3-5-8(10)6-4-7/h2-6,9H,1,11H2/t9-/m0/s1. The van der Waals surface area contributed by atoms with Gasteiger partial charge in [-0.05, 0) is 17.7 Å². The Labute approximate surface area is 65.3 Å². The summed E-state index contributed by atoms with van der Waals surface area (Å²) in [7, 11) is 0. The predicted molar refractivity (Wildman–Crippen MR) is 43.5 cm³/mol. The van der Waals surface area contributed by atoms with Crippen LogP contribution in [0, 0.1) is 5.82 Å². The summed E-state index contributed by atoms with van der Waals surface area (Å²) in [6, 6.07) is 5.89. The van der Waals surface area contributed by atoms with Crippen molar-refractivity contribution < 1.29 is 4.39 Å². The first-order valence-corrected chi connectivity index (χ1v) is 3.37. The molecule has 0 aliphatic heterocycles. The molecule has 0 amide bonds. The zero-order valence-electron chi connectivity index (χ0n) is 6.13. The molecule has 1 nitrogen and oxygen atoms in total. The van der Waals surface area contributed by atoms with E-state index < -0.39 is 0 Å². The van der Waals surface area contributed by atoms with Crippen molar-refractivity contribution in [1.29, 1.82) is 0 Å². The molecule has 1 aromatic carbocycles. The van der Waals surface area contributed by atoms with Crippen molar-refractivity contribution >= 4 is 0 Å². The molecule has 0 unspecified atom stereocenters. The van der Waals surface area contributed by atoms with Gasteiger partial charge in [-0.15, -0.1) is 6.58 Å². The van der Waals surface area contributed by atoms with Gasteiger partial charge in [0.1, 0.15) is 5.82 Å². The van der Waals surface area contributed by atoms with Gasteiger partial charge in [0.15, 0.2) is 0 Å². The van der Waals surface area contributed by atoms with Gasteiger partial charge in [-0.25, -0.2) is 4.39 Å². The highest BCUT2D eigenvalue weighted by Gasteiger charge is 1.99. The number of hydrogen-bond donors (Lipinski definition) is 1. The van der Waals surface area contributed by atoms with Crippen molar-refractivity contribution in [2.24, 2.45) is 5.73 Å². The van der Waals surface area contributed by atoms with Gasteiger partial charge in [0.05, 0.1) is 0 Å². The van der Waals surface area contributed by atoms with Crippen LogP contribution in [0.2, 0.25) is 0 Å². The molecule has 58 valence electrons. The molecule has 2 N–H and O–H groups in total. The van der Waals surface area contributed by atoms with Crippen molar-refractivity contribution in [2.75, 3.05) is 0 Å². The molecular formula is C9H10FN. The van der Waals surface area contributed by atoms with Crippen LogP contribution >= 0.6 is 0 Å². The largest absolute Gasteiger partial charge is 0.321 e. The maximum absolute atomic E-state index is 12.4. The molecule has 0 saturated heterocycles. The van der Waals surface area contributed by atoms with Crippen LogP contribution in [0.5, 0.6) is 0 Å². The molecule has 0 bridgehead atoms. The molecule has 0 heterocycles. The summed E-state index contributed by atoms with van der Waals surface area (Å²) in [5, 5.41) is 0. The van der Waals surface area contributed by atoms with E-state index in [9.17, 15) is 4.39 Å². The lowest BCUT2D eigenvalue weighted by molar-refractivity contribution is 0.626. The van der Waals surface area contributed by atoms with Crippen LogP contribution in [0.3, 0.4) is 0 Å². The fourth-order valence-corrected chi connectivity index (χ4v) is 0.821. The molecule has 1 atom stereocenters. The molecule has 0 aromatic heterocycles. The smallest absolute Gasteiger partial charge is 0.123 e. The lowest BCUT2D eigenvalue weighted by Crippen LogP contribution is -2.05. The van der Waals surface area contributed by atoms with Crippen LogP contribution in [-0.2, 0) is 0 Å². The van der Waals surface area contributed by atoms with E-state index in [0.717, 1.165) is 5.56 Å². The Hall–Kier alpha value is -1.15. The third kappa shape index (κ3) is 1.88. The van der Waals surface area contributed by atoms with E-state index in [2.05, 4.69) is 6.58 Å². The fourth-order valence-electron chi connectivity index (χ4n) is 0.821.